The van der Waals surface area contributed by atoms with Gasteiger partial charge in [0.1, 0.15) is 5.75 Å². The Hall–Kier alpha value is -1.54. The predicted octanol–water partition coefficient (Wildman–Crippen LogP) is 3.34. The number of allylic oxidation sites excluding steroid dienone is 1. The molecule has 1 fully saturated rings. The third-order valence-electron chi connectivity index (χ3n) is 5.87. The number of phenolic OH excluding ortho intramolecular Hbond substituents is 1. The van der Waals surface area contributed by atoms with E-state index in [-0.39, 0.29) is 0 Å². The van der Waals surface area contributed by atoms with E-state index in [0.717, 1.165) is 18.9 Å². The predicted molar refractivity (Wildman–Crippen MR) is 85.4 cm³/mol. The fraction of sp³-hybridized carbons (Fsp3) is 0.474. The average molecular weight is 281 g/mol. The van der Waals surface area contributed by atoms with Gasteiger partial charge in [0.15, 0.2) is 0 Å². The summed E-state index contributed by atoms with van der Waals surface area (Å²) in [4.78, 5) is 2.62. The standard InChI is InChI=1S/C19H23NO/c1-3-8-20-11-14-5-7-16(14)19-12(2)17-10-15(21)6-4-13(17)9-18(19)20/h3-7,10,12,14,16,18-19,21H,1,8-9,11H2,2H3. The van der Waals surface area contributed by atoms with Crippen LogP contribution < -0.4 is 0 Å². The van der Waals surface area contributed by atoms with E-state index in [2.05, 4.69) is 36.6 Å². The van der Waals surface area contributed by atoms with Crippen molar-refractivity contribution < 1.29 is 5.11 Å². The highest BCUT2D eigenvalue weighted by Gasteiger charge is 2.48. The van der Waals surface area contributed by atoms with Gasteiger partial charge in [0.05, 0.1) is 0 Å². The molecule has 5 atom stereocenters. The second-order valence-corrected chi connectivity index (χ2v) is 6.89. The van der Waals surface area contributed by atoms with Crippen LogP contribution in [0.4, 0.5) is 0 Å². The molecule has 0 bridgehead atoms. The van der Waals surface area contributed by atoms with Crippen LogP contribution in [0.5, 0.6) is 5.75 Å². The summed E-state index contributed by atoms with van der Waals surface area (Å²) >= 11 is 0. The highest BCUT2D eigenvalue weighted by Crippen LogP contribution is 2.51. The summed E-state index contributed by atoms with van der Waals surface area (Å²) in [5.41, 5.74) is 2.77. The molecule has 0 amide bonds. The average Bonchev–Trinajstić information content (AvgIpc) is 2.44. The van der Waals surface area contributed by atoms with Gasteiger partial charge in [-0.25, -0.2) is 0 Å². The van der Waals surface area contributed by atoms with Gasteiger partial charge in [-0.1, -0.05) is 31.2 Å². The summed E-state index contributed by atoms with van der Waals surface area (Å²) in [6.07, 6.45) is 7.94. The molecule has 2 nitrogen and oxygen atoms in total. The molecule has 0 spiro atoms. The van der Waals surface area contributed by atoms with E-state index in [4.69, 9.17) is 0 Å². The van der Waals surface area contributed by atoms with Crippen LogP contribution in [0, 0.1) is 17.8 Å². The zero-order valence-electron chi connectivity index (χ0n) is 12.6. The lowest BCUT2D eigenvalue weighted by molar-refractivity contribution is 0.0166. The Labute approximate surface area is 126 Å². The molecule has 0 radical (unpaired) electrons. The van der Waals surface area contributed by atoms with Gasteiger partial charge in [-0.3, -0.25) is 4.90 Å². The van der Waals surface area contributed by atoms with Crippen LogP contribution in [0.1, 0.15) is 24.0 Å². The van der Waals surface area contributed by atoms with Crippen LogP contribution >= 0.6 is 0 Å². The molecule has 0 aromatic heterocycles. The molecule has 1 N–H and O–H groups in total. The van der Waals surface area contributed by atoms with Gasteiger partial charge in [0.25, 0.3) is 0 Å². The first-order valence-electron chi connectivity index (χ1n) is 8.04. The largest absolute Gasteiger partial charge is 0.508 e. The number of hydrogen-bond donors (Lipinski definition) is 1. The van der Waals surface area contributed by atoms with Crippen molar-refractivity contribution in [3.63, 3.8) is 0 Å². The van der Waals surface area contributed by atoms with E-state index in [1.165, 1.54) is 17.7 Å². The molecule has 1 aliphatic heterocycles. The Balaban J connectivity index is 1.76. The summed E-state index contributed by atoms with van der Waals surface area (Å²) in [5, 5.41) is 9.83. The number of benzene rings is 1. The summed E-state index contributed by atoms with van der Waals surface area (Å²) in [6, 6.07) is 6.55. The molecule has 110 valence electrons. The Morgan fingerprint density at radius 1 is 1.38 bits per heavy atom. The molecular weight excluding hydrogens is 258 g/mol. The summed E-state index contributed by atoms with van der Waals surface area (Å²) in [7, 11) is 0. The minimum Gasteiger partial charge on any atom is -0.508 e. The second-order valence-electron chi connectivity index (χ2n) is 6.89. The lowest BCUT2D eigenvalue weighted by Gasteiger charge is -2.55. The quantitative estimate of drug-likeness (QED) is 0.840. The number of fused-ring (bicyclic) bond motifs is 4. The molecule has 1 heterocycles. The lowest BCUT2D eigenvalue weighted by Crippen LogP contribution is -2.58. The number of likely N-dealkylation sites (tertiary alicyclic amines) is 1. The molecule has 3 aliphatic rings. The van der Waals surface area contributed by atoms with Gasteiger partial charge in [-0.2, -0.15) is 0 Å². The number of aromatic hydroxyl groups is 1. The molecule has 4 rings (SSSR count). The Morgan fingerprint density at radius 3 is 2.95 bits per heavy atom. The van der Waals surface area contributed by atoms with E-state index in [9.17, 15) is 5.11 Å². The SMILES string of the molecule is C=CCN1CC2C=CC2C2C(C)c3cc(O)ccc3CC21. The summed E-state index contributed by atoms with van der Waals surface area (Å²) in [6.45, 7) is 8.44. The van der Waals surface area contributed by atoms with Crippen LogP contribution in [0.15, 0.2) is 43.0 Å². The van der Waals surface area contributed by atoms with Crippen molar-refractivity contribution >= 4 is 0 Å². The second kappa shape index (κ2) is 4.74. The summed E-state index contributed by atoms with van der Waals surface area (Å²) in [5.74, 6) is 3.02. The molecule has 1 aromatic carbocycles. The molecule has 0 saturated carbocycles. The van der Waals surface area contributed by atoms with Crippen LogP contribution in [-0.4, -0.2) is 29.1 Å². The van der Waals surface area contributed by atoms with E-state index in [0.29, 0.717) is 29.5 Å². The van der Waals surface area contributed by atoms with Crippen LogP contribution in [0.25, 0.3) is 0 Å². The zero-order chi connectivity index (χ0) is 14.6. The van der Waals surface area contributed by atoms with Gasteiger partial charge >= 0.3 is 0 Å². The first kappa shape index (κ1) is 13.1. The molecule has 2 aliphatic carbocycles. The first-order valence-corrected chi connectivity index (χ1v) is 8.04. The van der Waals surface area contributed by atoms with Crippen molar-refractivity contribution in [2.45, 2.75) is 25.3 Å². The van der Waals surface area contributed by atoms with Crippen molar-refractivity contribution in [2.24, 2.45) is 17.8 Å². The fourth-order valence-corrected chi connectivity index (χ4v) is 4.83. The number of rotatable bonds is 2. The molecule has 21 heavy (non-hydrogen) atoms. The first-order chi connectivity index (χ1) is 10.2. The number of piperidine rings is 1. The molecule has 2 heteroatoms. The maximum Gasteiger partial charge on any atom is 0.115 e. The number of nitrogens with zero attached hydrogens (tertiary/aromatic N) is 1. The highest BCUT2D eigenvalue weighted by atomic mass is 16.3. The normalized spacial score (nSPS) is 37.1. The molecular formula is C19H23NO. The van der Waals surface area contributed by atoms with E-state index < -0.39 is 0 Å². The third kappa shape index (κ3) is 1.89. The topological polar surface area (TPSA) is 23.5 Å². The Bertz CT molecular complexity index is 606. The van der Waals surface area contributed by atoms with E-state index in [1.54, 1.807) is 0 Å². The molecule has 1 aromatic rings. The van der Waals surface area contributed by atoms with Gasteiger partial charge in [-0.05, 0) is 53.4 Å². The number of hydrogen-bond acceptors (Lipinski definition) is 2. The van der Waals surface area contributed by atoms with Crippen molar-refractivity contribution in [1.29, 1.82) is 0 Å². The Morgan fingerprint density at radius 2 is 2.24 bits per heavy atom. The monoisotopic (exact) mass is 281 g/mol. The van der Waals surface area contributed by atoms with Gasteiger partial charge < -0.3 is 5.11 Å². The highest BCUT2D eigenvalue weighted by molar-refractivity contribution is 5.41. The van der Waals surface area contributed by atoms with Crippen molar-refractivity contribution in [3.8, 4) is 5.75 Å². The van der Waals surface area contributed by atoms with E-state index in [1.807, 2.05) is 18.2 Å². The fourth-order valence-electron chi connectivity index (χ4n) is 4.83. The smallest absolute Gasteiger partial charge is 0.115 e. The molecule has 1 saturated heterocycles. The lowest BCUT2D eigenvalue weighted by atomic mass is 9.58. The third-order valence-corrected chi connectivity index (χ3v) is 5.87. The minimum absolute atomic E-state index is 0.401. The van der Waals surface area contributed by atoms with Crippen molar-refractivity contribution in [2.75, 3.05) is 13.1 Å². The maximum atomic E-state index is 9.83. The van der Waals surface area contributed by atoms with Crippen LogP contribution in [0.2, 0.25) is 0 Å². The maximum absolute atomic E-state index is 9.83. The molecule has 5 unspecified atom stereocenters. The summed E-state index contributed by atoms with van der Waals surface area (Å²) < 4.78 is 0. The zero-order valence-corrected chi connectivity index (χ0v) is 12.6. The van der Waals surface area contributed by atoms with Crippen LogP contribution in [0.3, 0.4) is 0 Å². The van der Waals surface area contributed by atoms with Crippen molar-refractivity contribution in [1.82, 2.24) is 4.90 Å². The van der Waals surface area contributed by atoms with Gasteiger partial charge in [0.2, 0.25) is 0 Å². The number of phenols is 1. The Kier molecular flexibility index (Phi) is 2.97. The van der Waals surface area contributed by atoms with Gasteiger partial charge in [-0.15, -0.1) is 6.58 Å². The van der Waals surface area contributed by atoms with E-state index >= 15 is 0 Å². The van der Waals surface area contributed by atoms with Crippen LogP contribution in [-0.2, 0) is 6.42 Å². The minimum atomic E-state index is 0.401. The van der Waals surface area contributed by atoms with Crippen molar-refractivity contribution in [3.05, 3.63) is 54.1 Å². The van der Waals surface area contributed by atoms with Gasteiger partial charge in [0, 0.05) is 19.1 Å².